The fourth-order valence-corrected chi connectivity index (χ4v) is 3.11. The largest absolute Gasteiger partial charge is 0.497 e. The smallest absolute Gasteiger partial charge is 0.222 e. The number of carbonyl (C=O) groups is 1. The molecule has 2 N–H and O–H groups in total. The van der Waals surface area contributed by atoms with E-state index < -0.39 is 0 Å². The molecule has 1 aliphatic heterocycles. The minimum absolute atomic E-state index is 0. The fourth-order valence-electron chi connectivity index (χ4n) is 3.11. The van der Waals surface area contributed by atoms with E-state index in [-0.39, 0.29) is 35.9 Å². The van der Waals surface area contributed by atoms with E-state index in [1.807, 2.05) is 24.0 Å². The number of aliphatic imine (C=N–C) groups is 1. The van der Waals surface area contributed by atoms with Gasteiger partial charge in [0.25, 0.3) is 0 Å². The standard InChI is InChI=1S/C20H32N4O2.HI/c1-4-19(25)24-14-12-17(15-24)23-20(21-5-2)22-13-6-7-16-8-10-18(26-3)11-9-16;/h8-11,17H,4-7,12-15H2,1-3H3,(H2,21,22,23);1H. The first kappa shape index (κ1) is 23.5. The lowest BCUT2D eigenvalue weighted by Crippen LogP contribution is -2.45. The van der Waals surface area contributed by atoms with Gasteiger partial charge in [0.15, 0.2) is 5.96 Å². The highest BCUT2D eigenvalue weighted by Gasteiger charge is 2.25. The molecule has 1 heterocycles. The van der Waals surface area contributed by atoms with E-state index in [1.54, 1.807) is 7.11 Å². The third-order valence-electron chi connectivity index (χ3n) is 4.58. The van der Waals surface area contributed by atoms with E-state index in [2.05, 4.69) is 34.7 Å². The second-order valence-electron chi connectivity index (χ2n) is 6.54. The Kier molecular flexibility index (Phi) is 11.2. The van der Waals surface area contributed by atoms with E-state index in [0.29, 0.717) is 6.42 Å². The average molecular weight is 488 g/mol. The molecule has 1 aromatic carbocycles. The third-order valence-corrected chi connectivity index (χ3v) is 4.58. The van der Waals surface area contributed by atoms with Gasteiger partial charge >= 0.3 is 0 Å². The number of methoxy groups -OCH3 is 1. The zero-order chi connectivity index (χ0) is 18.8. The quantitative estimate of drug-likeness (QED) is 0.256. The van der Waals surface area contributed by atoms with Crippen molar-refractivity contribution in [3.8, 4) is 5.75 Å². The Balaban J connectivity index is 0.00000364. The molecule has 1 atom stereocenters. The summed E-state index contributed by atoms with van der Waals surface area (Å²) in [6.07, 6.45) is 3.54. The molecule has 0 spiro atoms. The number of hydrogen-bond donors (Lipinski definition) is 2. The van der Waals surface area contributed by atoms with Crippen LogP contribution in [0.4, 0.5) is 0 Å². The molecule has 0 radical (unpaired) electrons. The first-order valence-electron chi connectivity index (χ1n) is 9.61. The van der Waals surface area contributed by atoms with Crippen LogP contribution in [0.25, 0.3) is 0 Å². The molecule has 0 saturated carbocycles. The number of hydrogen-bond acceptors (Lipinski definition) is 3. The summed E-state index contributed by atoms with van der Waals surface area (Å²) in [4.78, 5) is 18.4. The first-order valence-corrected chi connectivity index (χ1v) is 9.61. The highest BCUT2D eigenvalue weighted by Crippen LogP contribution is 2.13. The maximum atomic E-state index is 11.8. The Bertz CT molecular complexity index is 592. The van der Waals surface area contributed by atoms with E-state index in [9.17, 15) is 4.79 Å². The zero-order valence-corrected chi connectivity index (χ0v) is 19.0. The minimum Gasteiger partial charge on any atom is -0.497 e. The number of ether oxygens (including phenoxy) is 1. The van der Waals surface area contributed by atoms with Gasteiger partial charge in [0.05, 0.1) is 7.11 Å². The highest BCUT2D eigenvalue weighted by atomic mass is 127. The number of nitrogens with one attached hydrogen (secondary N) is 2. The SMILES string of the molecule is CCNC(=NCCCc1ccc(OC)cc1)NC1CCN(C(=O)CC)C1.I. The van der Waals surface area contributed by atoms with E-state index in [4.69, 9.17) is 4.74 Å². The monoisotopic (exact) mass is 488 g/mol. The third kappa shape index (κ3) is 7.94. The Morgan fingerprint density at radius 3 is 2.67 bits per heavy atom. The summed E-state index contributed by atoms with van der Waals surface area (Å²) >= 11 is 0. The number of amides is 1. The minimum atomic E-state index is 0. The normalized spacial score (nSPS) is 16.6. The van der Waals surface area contributed by atoms with E-state index >= 15 is 0 Å². The van der Waals surface area contributed by atoms with E-state index in [0.717, 1.165) is 57.2 Å². The van der Waals surface area contributed by atoms with Gasteiger partial charge in [-0.1, -0.05) is 19.1 Å². The number of rotatable bonds is 8. The van der Waals surface area contributed by atoms with Crippen molar-refractivity contribution in [2.75, 3.05) is 33.3 Å². The van der Waals surface area contributed by atoms with Crippen LogP contribution < -0.4 is 15.4 Å². The lowest BCUT2D eigenvalue weighted by atomic mass is 10.1. The molecular weight excluding hydrogens is 455 g/mol. The summed E-state index contributed by atoms with van der Waals surface area (Å²) in [5.74, 6) is 1.96. The molecule has 0 aromatic heterocycles. The zero-order valence-electron chi connectivity index (χ0n) is 16.7. The summed E-state index contributed by atoms with van der Waals surface area (Å²) in [5, 5.41) is 6.77. The first-order chi connectivity index (χ1) is 12.7. The molecule has 152 valence electrons. The van der Waals surface area contributed by atoms with Crippen molar-refractivity contribution in [2.45, 2.75) is 45.6 Å². The molecule has 1 unspecified atom stereocenters. The fraction of sp³-hybridized carbons (Fsp3) is 0.600. The Morgan fingerprint density at radius 1 is 1.30 bits per heavy atom. The van der Waals surface area contributed by atoms with Crippen molar-refractivity contribution in [2.24, 2.45) is 4.99 Å². The van der Waals surface area contributed by atoms with Crippen LogP contribution in [0.15, 0.2) is 29.3 Å². The molecular formula is C20H33IN4O2. The molecule has 1 aliphatic rings. The molecule has 2 rings (SSSR count). The highest BCUT2D eigenvalue weighted by molar-refractivity contribution is 14.0. The Labute approximate surface area is 180 Å². The van der Waals surface area contributed by atoms with Gasteiger partial charge in [0.1, 0.15) is 5.75 Å². The summed E-state index contributed by atoms with van der Waals surface area (Å²) in [5.41, 5.74) is 1.29. The van der Waals surface area contributed by atoms with Gasteiger partial charge in [0, 0.05) is 38.6 Å². The van der Waals surface area contributed by atoms with Crippen LogP contribution in [-0.4, -0.2) is 56.1 Å². The van der Waals surface area contributed by atoms with Crippen LogP contribution in [0.1, 0.15) is 38.7 Å². The summed E-state index contributed by atoms with van der Waals surface area (Å²) in [7, 11) is 1.68. The summed E-state index contributed by atoms with van der Waals surface area (Å²) < 4.78 is 5.18. The van der Waals surface area contributed by atoms with Crippen molar-refractivity contribution < 1.29 is 9.53 Å². The maximum absolute atomic E-state index is 11.8. The summed E-state index contributed by atoms with van der Waals surface area (Å²) in [6, 6.07) is 8.47. The van der Waals surface area contributed by atoms with Crippen molar-refractivity contribution >= 4 is 35.8 Å². The van der Waals surface area contributed by atoms with Crippen LogP contribution in [-0.2, 0) is 11.2 Å². The Hall–Kier alpha value is -1.51. The van der Waals surface area contributed by atoms with Crippen LogP contribution in [0.3, 0.4) is 0 Å². The number of nitrogens with zero attached hydrogens (tertiary/aromatic N) is 2. The lowest BCUT2D eigenvalue weighted by molar-refractivity contribution is -0.129. The lowest BCUT2D eigenvalue weighted by Gasteiger charge is -2.18. The number of aryl methyl sites for hydroxylation is 1. The molecule has 1 saturated heterocycles. The average Bonchev–Trinajstić information content (AvgIpc) is 3.13. The summed E-state index contributed by atoms with van der Waals surface area (Å²) in [6.45, 7) is 7.18. The van der Waals surface area contributed by atoms with Crippen molar-refractivity contribution in [3.05, 3.63) is 29.8 Å². The number of carbonyl (C=O) groups excluding carboxylic acids is 1. The predicted molar refractivity (Wildman–Crippen MR) is 121 cm³/mol. The van der Waals surface area contributed by atoms with Gasteiger partial charge in [-0.25, -0.2) is 0 Å². The second kappa shape index (κ2) is 12.8. The van der Waals surface area contributed by atoms with Gasteiger partial charge in [-0.15, -0.1) is 24.0 Å². The molecule has 0 aliphatic carbocycles. The molecule has 27 heavy (non-hydrogen) atoms. The predicted octanol–water partition coefficient (Wildman–Crippen LogP) is 2.81. The molecule has 1 fully saturated rings. The molecule has 0 bridgehead atoms. The molecule has 1 amide bonds. The van der Waals surface area contributed by atoms with E-state index in [1.165, 1.54) is 5.56 Å². The van der Waals surface area contributed by atoms with Gasteiger partial charge in [0.2, 0.25) is 5.91 Å². The van der Waals surface area contributed by atoms with Crippen LogP contribution in [0, 0.1) is 0 Å². The number of benzene rings is 1. The second-order valence-corrected chi connectivity index (χ2v) is 6.54. The molecule has 7 heteroatoms. The van der Waals surface area contributed by atoms with Gasteiger partial charge in [-0.3, -0.25) is 9.79 Å². The number of guanidine groups is 1. The van der Waals surface area contributed by atoms with Crippen LogP contribution in [0.2, 0.25) is 0 Å². The van der Waals surface area contributed by atoms with Crippen molar-refractivity contribution in [1.29, 1.82) is 0 Å². The maximum Gasteiger partial charge on any atom is 0.222 e. The van der Waals surface area contributed by atoms with Crippen LogP contribution >= 0.6 is 24.0 Å². The number of halogens is 1. The van der Waals surface area contributed by atoms with Gasteiger partial charge in [-0.2, -0.15) is 0 Å². The molecule has 6 nitrogen and oxygen atoms in total. The van der Waals surface area contributed by atoms with Crippen LogP contribution in [0.5, 0.6) is 5.75 Å². The van der Waals surface area contributed by atoms with Crippen molar-refractivity contribution in [3.63, 3.8) is 0 Å². The van der Waals surface area contributed by atoms with Crippen molar-refractivity contribution in [1.82, 2.24) is 15.5 Å². The topological polar surface area (TPSA) is 66.0 Å². The number of likely N-dealkylation sites (tertiary alicyclic amines) is 1. The van der Waals surface area contributed by atoms with Gasteiger partial charge in [-0.05, 0) is 43.9 Å². The molecule has 1 aromatic rings. The Morgan fingerprint density at radius 2 is 2.04 bits per heavy atom. The van der Waals surface area contributed by atoms with Gasteiger partial charge < -0.3 is 20.3 Å².